The molecule has 4 aromatic rings. The molecule has 0 spiro atoms. The van der Waals surface area contributed by atoms with Crippen molar-refractivity contribution >= 4 is 16.8 Å². The van der Waals surface area contributed by atoms with Crippen LogP contribution in [-0.2, 0) is 5.72 Å². The third kappa shape index (κ3) is 5.84. The lowest BCUT2D eigenvalue weighted by Gasteiger charge is -2.34. The van der Waals surface area contributed by atoms with Crippen molar-refractivity contribution in [1.82, 2.24) is 15.0 Å². The number of aromatic nitrogens is 3. The van der Waals surface area contributed by atoms with Gasteiger partial charge >= 0.3 is 0 Å². The number of carbonyl (C=O) groups excluding carboxylic acids is 1. The quantitative estimate of drug-likeness (QED) is 0.135. The van der Waals surface area contributed by atoms with Crippen molar-refractivity contribution in [3.8, 4) is 5.75 Å². The summed E-state index contributed by atoms with van der Waals surface area (Å²) in [5.41, 5.74) is 1.75. The van der Waals surface area contributed by atoms with E-state index in [1.807, 2.05) is 85.8 Å². The van der Waals surface area contributed by atoms with Crippen molar-refractivity contribution in [2.24, 2.45) is 0 Å². The van der Waals surface area contributed by atoms with Crippen molar-refractivity contribution in [2.45, 2.75) is 77.4 Å². The Morgan fingerprint density at radius 2 is 1.44 bits per heavy atom. The van der Waals surface area contributed by atoms with Gasteiger partial charge in [0.1, 0.15) is 11.3 Å². The van der Waals surface area contributed by atoms with Crippen molar-refractivity contribution in [1.29, 1.82) is 0 Å². The first-order valence-corrected chi connectivity index (χ1v) is 13.3. The maximum Gasteiger partial charge on any atom is 0.267 e. The molecule has 0 saturated heterocycles. The normalized spacial score (nSPS) is 12.9. The number of hydrogen-bond acceptors (Lipinski definition) is 4. The zero-order valence-corrected chi connectivity index (χ0v) is 21.5. The summed E-state index contributed by atoms with van der Waals surface area (Å²) in [5.74, 6) is 0.543. The van der Waals surface area contributed by atoms with Gasteiger partial charge in [0.25, 0.3) is 5.72 Å². The molecule has 3 aromatic carbocycles. The summed E-state index contributed by atoms with van der Waals surface area (Å²) in [4.78, 5) is 14.5. The second kappa shape index (κ2) is 12.5. The molecule has 1 unspecified atom stereocenters. The number of rotatable bonds is 14. The summed E-state index contributed by atoms with van der Waals surface area (Å²) in [6.45, 7) is 4.21. The monoisotopic (exact) mass is 483 g/mol. The molecule has 0 aliphatic carbocycles. The van der Waals surface area contributed by atoms with Crippen LogP contribution in [0.2, 0.25) is 0 Å². The van der Waals surface area contributed by atoms with E-state index in [0.717, 1.165) is 35.9 Å². The van der Waals surface area contributed by atoms with Gasteiger partial charge in [-0.25, -0.2) is 0 Å². The highest BCUT2D eigenvalue weighted by Crippen LogP contribution is 2.35. The number of ketones is 1. The Balaban J connectivity index is 1.71. The van der Waals surface area contributed by atoms with E-state index in [9.17, 15) is 4.79 Å². The van der Waals surface area contributed by atoms with Gasteiger partial charge in [-0.15, -0.1) is 5.10 Å². The Morgan fingerprint density at radius 1 is 0.806 bits per heavy atom. The molecule has 1 atom stereocenters. The van der Waals surface area contributed by atoms with Crippen LogP contribution in [0.5, 0.6) is 5.75 Å². The Hall–Kier alpha value is -3.47. The van der Waals surface area contributed by atoms with E-state index in [1.165, 1.54) is 32.1 Å². The first-order valence-electron chi connectivity index (χ1n) is 13.3. The zero-order chi connectivity index (χ0) is 25.2. The Labute approximate surface area is 214 Å². The number of nitrogens with zero attached hydrogens (tertiary/aromatic N) is 3. The molecular formula is C31H37N3O2. The van der Waals surface area contributed by atoms with Crippen LogP contribution in [0.1, 0.15) is 80.6 Å². The molecule has 4 rings (SSSR count). The van der Waals surface area contributed by atoms with E-state index >= 15 is 0 Å². The van der Waals surface area contributed by atoms with E-state index in [-0.39, 0.29) is 5.78 Å². The molecule has 0 aliphatic heterocycles. The molecule has 0 bridgehead atoms. The highest BCUT2D eigenvalue weighted by atomic mass is 16.5. The Bertz CT molecular complexity index is 1250. The summed E-state index contributed by atoms with van der Waals surface area (Å²) < 4.78 is 8.41. The predicted molar refractivity (Wildman–Crippen MR) is 145 cm³/mol. The molecule has 36 heavy (non-hydrogen) atoms. The summed E-state index contributed by atoms with van der Waals surface area (Å²) >= 11 is 0. The lowest BCUT2D eigenvalue weighted by atomic mass is 9.91. The number of ether oxygens (including phenoxy) is 1. The summed E-state index contributed by atoms with van der Waals surface area (Å²) in [5, 5.41) is 8.90. The van der Waals surface area contributed by atoms with Crippen LogP contribution in [0.25, 0.3) is 11.0 Å². The van der Waals surface area contributed by atoms with Gasteiger partial charge in [0.15, 0.2) is 0 Å². The van der Waals surface area contributed by atoms with Crippen LogP contribution in [0.15, 0.2) is 78.9 Å². The van der Waals surface area contributed by atoms with Crippen molar-refractivity contribution in [3.05, 3.63) is 90.0 Å². The van der Waals surface area contributed by atoms with E-state index in [4.69, 9.17) is 4.74 Å². The summed E-state index contributed by atoms with van der Waals surface area (Å²) in [6, 6.07) is 25.1. The third-order valence-corrected chi connectivity index (χ3v) is 6.84. The van der Waals surface area contributed by atoms with Gasteiger partial charge in [0.2, 0.25) is 5.78 Å². The topological polar surface area (TPSA) is 57.0 Å². The average molecular weight is 484 g/mol. The maximum absolute atomic E-state index is 14.5. The number of aryl methyl sites for hydroxylation is 1. The number of fused-ring (bicyclic) bond motifs is 1. The standard InChI is InChI=1S/C31H37N3O2/c1-3-4-5-6-7-8-9-17-24-31(36-26-19-11-10-12-20-26,30(35)27-21-14-13-18-25(27)2)34-29-23-16-15-22-28(29)32-33-34/h10-16,18-23H,3-9,17,24H2,1-2H3. The molecule has 5 heteroatoms. The SMILES string of the molecule is CCCCCCCCCCC(Oc1ccccc1)(C(=O)c1ccccc1C)n1nnc2ccccc21. The molecule has 0 radical (unpaired) electrons. The molecule has 0 fully saturated rings. The van der Waals surface area contributed by atoms with Crippen LogP contribution in [0.3, 0.4) is 0 Å². The number of Topliss-reactive ketones (excluding diaryl/α,β-unsaturated/α-hetero) is 1. The van der Waals surface area contributed by atoms with Crippen molar-refractivity contribution in [2.75, 3.05) is 0 Å². The second-order valence-corrected chi connectivity index (χ2v) is 9.56. The fourth-order valence-electron chi connectivity index (χ4n) is 4.81. The molecule has 1 aromatic heterocycles. The molecule has 0 N–H and O–H groups in total. The second-order valence-electron chi connectivity index (χ2n) is 9.56. The van der Waals surface area contributed by atoms with E-state index in [2.05, 4.69) is 17.2 Å². The molecule has 0 aliphatic rings. The number of carbonyl (C=O) groups is 1. The fourth-order valence-corrected chi connectivity index (χ4v) is 4.81. The minimum atomic E-state index is -1.34. The Kier molecular flexibility index (Phi) is 8.88. The van der Waals surface area contributed by atoms with Crippen molar-refractivity contribution < 1.29 is 9.53 Å². The highest BCUT2D eigenvalue weighted by molar-refractivity contribution is 6.03. The number of benzene rings is 3. The summed E-state index contributed by atoms with van der Waals surface area (Å²) in [6.07, 6.45) is 9.92. The largest absolute Gasteiger partial charge is 0.458 e. The molecular weight excluding hydrogens is 446 g/mol. The first-order chi connectivity index (χ1) is 17.7. The Morgan fingerprint density at radius 3 is 2.19 bits per heavy atom. The minimum Gasteiger partial charge on any atom is -0.458 e. The van der Waals surface area contributed by atoms with Crippen LogP contribution in [0.4, 0.5) is 0 Å². The summed E-state index contributed by atoms with van der Waals surface area (Å²) in [7, 11) is 0. The lowest BCUT2D eigenvalue weighted by Crippen LogP contribution is -2.48. The van der Waals surface area contributed by atoms with Gasteiger partial charge < -0.3 is 4.74 Å². The van der Waals surface area contributed by atoms with Gasteiger partial charge in [-0.2, -0.15) is 4.68 Å². The minimum absolute atomic E-state index is 0.0944. The van der Waals surface area contributed by atoms with E-state index in [0.29, 0.717) is 17.7 Å². The number of para-hydroxylation sites is 2. The molecule has 0 amide bonds. The van der Waals surface area contributed by atoms with Gasteiger partial charge in [0.05, 0.1) is 5.52 Å². The predicted octanol–water partition coefficient (Wildman–Crippen LogP) is 7.89. The zero-order valence-electron chi connectivity index (χ0n) is 21.5. The number of hydrogen-bond donors (Lipinski definition) is 0. The van der Waals surface area contributed by atoms with Crippen LogP contribution < -0.4 is 4.74 Å². The molecule has 188 valence electrons. The lowest BCUT2D eigenvalue weighted by molar-refractivity contribution is -0.00973. The van der Waals surface area contributed by atoms with E-state index < -0.39 is 5.72 Å². The third-order valence-electron chi connectivity index (χ3n) is 6.84. The van der Waals surface area contributed by atoms with E-state index in [1.54, 1.807) is 4.68 Å². The van der Waals surface area contributed by atoms with Gasteiger partial charge in [-0.3, -0.25) is 4.79 Å². The molecule has 0 saturated carbocycles. The van der Waals surface area contributed by atoms with Crippen LogP contribution in [-0.4, -0.2) is 20.8 Å². The number of unbranched alkanes of at least 4 members (excludes halogenated alkanes) is 7. The fraction of sp³-hybridized carbons (Fsp3) is 0.387. The molecule has 1 heterocycles. The maximum atomic E-state index is 14.5. The first kappa shape index (κ1) is 25.6. The van der Waals surface area contributed by atoms with Gasteiger partial charge in [-0.1, -0.05) is 112 Å². The van der Waals surface area contributed by atoms with Crippen molar-refractivity contribution in [3.63, 3.8) is 0 Å². The molecule has 5 nitrogen and oxygen atoms in total. The van der Waals surface area contributed by atoms with Gasteiger partial charge in [-0.05, 0) is 43.2 Å². The van der Waals surface area contributed by atoms with Crippen LogP contribution >= 0.6 is 0 Å². The average Bonchev–Trinajstić information content (AvgIpc) is 3.35. The smallest absolute Gasteiger partial charge is 0.267 e. The van der Waals surface area contributed by atoms with Gasteiger partial charge in [0, 0.05) is 12.0 Å². The highest BCUT2D eigenvalue weighted by Gasteiger charge is 2.45. The van der Waals surface area contributed by atoms with Crippen LogP contribution in [0, 0.1) is 6.92 Å².